The molecule has 0 unspecified atom stereocenters. The summed E-state index contributed by atoms with van der Waals surface area (Å²) in [5.41, 5.74) is 5.58. The van der Waals surface area contributed by atoms with Crippen LogP contribution in [0.3, 0.4) is 0 Å². The Balaban J connectivity index is 1.63. The van der Waals surface area contributed by atoms with Gasteiger partial charge in [-0.2, -0.15) is 0 Å². The zero-order valence-electron chi connectivity index (χ0n) is 10.2. The predicted octanol–water partition coefficient (Wildman–Crippen LogP) is 2.38. The van der Waals surface area contributed by atoms with Gasteiger partial charge < -0.3 is 5.73 Å². The number of hydrogen-bond donors (Lipinski definition) is 1. The molecule has 1 heterocycles. The highest BCUT2D eigenvalue weighted by molar-refractivity contribution is 7.16. The highest BCUT2D eigenvalue weighted by Crippen LogP contribution is 2.57. The van der Waals surface area contributed by atoms with E-state index in [1.807, 2.05) is 0 Å². The summed E-state index contributed by atoms with van der Waals surface area (Å²) in [4.78, 5) is 12.6. The molecule has 0 aliphatic heterocycles. The first-order chi connectivity index (χ1) is 8.70. The number of carbonyl (C=O) groups excluding carboxylic acids is 1. The van der Waals surface area contributed by atoms with Gasteiger partial charge in [0.25, 0.3) is 0 Å². The number of nitrogens with two attached hydrogens (primary N) is 1. The van der Waals surface area contributed by atoms with Gasteiger partial charge in [-0.1, -0.05) is 11.3 Å². The van der Waals surface area contributed by atoms with E-state index >= 15 is 0 Å². The van der Waals surface area contributed by atoms with Crippen molar-refractivity contribution >= 4 is 22.3 Å². The van der Waals surface area contributed by atoms with Crippen molar-refractivity contribution in [2.45, 2.75) is 32.1 Å². The molecule has 1 aromatic rings. The number of nitrogens with zero attached hydrogens (tertiary/aromatic N) is 2. The molecule has 4 aliphatic rings. The Morgan fingerprint density at radius 1 is 1.06 bits per heavy atom. The monoisotopic (exact) mass is 263 g/mol. The van der Waals surface area contributed by atoms with Gasteiger partial charge in [0.05, 0.1) is 0 Å². The topological polar surface area (TPSA) is 68.9 Å². The highest BCUT2D eigenvalue weighted by Gasteiger charge is 2.51. The second-order valence-corrected chi connectivity index (χ2v) is 7.28. The first-order valence-corrected chi connectivity index (χ1v) is 7.65. The molecule has 1 aromatic heterocycles. The van der Waals surface area contributed by atoms with Crippen molar-refractivity contribution in [1.29, 1.82) is 0 Å². The molecule has 0 radical (unpaired) electrons. The minimum absolute atomic E-state index is 0.213. The first-order valence-electron chi connectivity index (χ1n) is 6.84. The number of aromatic nitrogens is 2. The van der Waals surface area contributed by atoms with Crippen LogP contribution in [-0.4, -0.2) is 16.0 Å². The number of ketones is 1. The van der Waals surface area contributed by atoms with E-state index in [1.54, 1.807) is 0 Å². The van der Waals surface area contributed by atoms with Gasteiger partial charge in [0, 0.05) is 5.92 Å². The van der Waals surface area contributed by atoms with E-state index in [0.29, 0.717) is 22.0 Å². The number of hydrogen-bond acceptors (Lipinski definition) is 5. The molecule has 4 bridgehead atoms. The molecular weight excluding hydrogens is 246 g/mol. The van der Waals surface area contributed by atoms with Gasteiger partial charge in [0.2, 0.25) is 5.13 Å². The van der Waals surface area contributed by atoms with E-state index in [-0.39, 0.29) is 11.7 Å². The number of rotatable bonds is 2. The van der Waals surface area contributed by atoms with Crippen molar-refractivity contribution in [3.8, 4) is 0 Å². The van der Waals surface area contributed by atoms with Crippen LogP contribution in [0, 0.1) is 29.6 Å². The largest absolute Gasteiger partial charge is 0.374 e. The standard InChI is InChI=1S/C13H17N3OS/c14-13-16-15-12(18-13)11(17)10-8-2-6-1-7(4-8)5-9(10)3-6/h6-10H,1-5H2,(H2,14,16). The van der Waals surface area contributed by atoms with Crippen LogP contribution in [0.15, 0.2) is 0 Å². The third kappa shape index (κ3) is 1.53. The molecule has 96 valence electrons. The van der Waals surface area contributed by atoms with Gasteiger partial charge in [0.1, 0.15) is 0 Å². The van der Waals surface area contributed by atoms with Gasteiger partial charge in [-0.3, -0.25) is 4.79 Å². The maximum Gasteiger partial charge on any atom is 0.203 e. The molecule has 4 saturated carbocycles. The predicted molar refractivity (Wildman–Crippen MR) is 69.2 cm³/mol. The molecule has 0 aromatic carbocycles. The summed E-state index contributed by atoms with van der Waals surface area (Å²) in [7, 11) is 0. The quantitative estimate of drug-likeness (QED) is 0.832. The van der Waals surface area contributed by atoms with E-state index in [2.05, 4.69) is 10.2 Å². The van der Waals surface area contributed by atoms with Crippen LogP contribution in [-0.2, 0) is 0 Å². The van der Waals surface area contributed by atoms with Crippen LogP contribution in [0.5, 0.6) is 0 Å². The van der Waals surface area contributed by atoms with Gasteiger partial charge >= 0.3 is 0 Å². The Labute approximate surface area is 110 Å². The zero-order valence-corrected chi connectivity index (χ0v) is 11.0. The summed E-state index contributed by atoms with van der Waals surface area (Å²) < 4.78 is 0. The molecule has 0 amide bonds. The lowest BCUT2D eigenvalue weighted by Gasteiger charge is -2.53. The Morgan fingerprint density at radius 3 is 2.17 bits per heavy atom. The lowest BCUT2D eigenvalue weighted by molar-refractivity contribution is -0.0251. The lowest BCUT2D eigenvalue weighted by Crippen LogP contribution is -2.48. The average Bonchev–Trinajstić information content (AvgIpc) is 2.74. The molecule has 4 fully saturated rings. The van der Waals surface area contributed by atoms with E-state index < -0.39 is 0 Å². The summed E-state index contributed by atoms with van der Waals surface area (Å²) in [6.07, 6.45) is 6.46. The maximum absolute atomic E-state index is 12.6. The SMILES string of the molecule is Nc1nnc(C(=O)C2C3CC4CC(C3)CC2C4)s1. The van der Waals surface area contributed by atoms with Crippen LogP contribution in [0.4, 0.5) is 5.13 Å². The molecule has 4 nitrogen and oxygen atoms in total. The van der Waals surface area contributed by atoms with Gasteiger partial charge in [-0.15, -0.1) is 10.2 Å². The highest BCUT2D eigenvalue weighted by atomic mass is 32.1. The number of nitrogen functional groups attached to an aromatic ring is 1. The number of carbonyl (C=O) groups is 1. The first kappa shape index (κ1) is 10.9. The summed E-state index contributed by atoms with van der Waals surface area (Å²) in [5, 5.41) is 8.66. The third-order valence-electron chi connectivity index (χ3n) is 5.18. The molecular formula is C13H17N3OS. The molecule has 5 heteroatoms. The van der Waals surface area contributed by atoms with Crippen LogP contribution >= 0.6 is 11.3 Å². The Hall–Kier alpha value is -0.970. The van der Waals surface area contributed by atoms with Crippen LogP contribution < -0.4 is 5.73 Å². The second kappa shape index (κ2) is 3.76. The molecule has 4 aliphatic carbocycles. The fourth-order valence-electron chi connectivity index (χ4n) is 4.83. The van der Waals surface area contributed by atoms with Crippen LogP contribution in [0.2, 0.25) is 0 Å². The molecule has 0 saturated heterocycles. The Bertz CT molecular complexity index is 470. The van der Waals surface area contributed by atoms with Crippen molar-refractivity contribution in [1.82, 2.24) is 10.2 Å². The summed E-state index contributed by atoms with van der Waals surface area (Å²) in [6, 6.07) is 0. The third-order valence-corrected chi connectivity index (χ3v) is 5.95. The van der Waals surface area contributed by atoms with Crippen molar-refractivity contribution in [2.24, 2.45) is 29.6 Å². The Kier molecular flexibility index (Phi) is 2.28. The molecule has 0 spiro atoms. The minimum atomic E-state index is 0.213. The zero-order chi connectivity index (χ0) is 12.3. The number of Topliss-reactive ketones (excluding diaryl/α,β-unsaturated/α-hetero) is 1. The minimum Gasteiger partial charge on any atom is -0.374 e. The fraction of sp³-hybridized carbons (Fsp3) is 0.769. The van der Waals surface area contributed by atoms with Gasteiger partial charge in [-0.05, 0) is 55.8 Å². The maximum atomic E-state index is 12.6. The van der Waals surface area contributed by atoms with E-state index in [4.69, 9.17) is 5.73 Å². The van der Waals surface area contributed by atoms with Crippen molar-refractivity contribution in [3.05, 3.63) is 5.01 Å². The smallest absolute Gasteiger partial charge is 0.203 e. The average molecular weight is 263 g/mol. The fourth-order valence-corrected chi connectivity index (χ4v) is 5.43. The Morgan fingerprint density at radius 2 is 1.67 bits per heavy atom. The summed E-state index contributed by atoms with van der Waals surface area (Å²) in [5.74, 6) is 3.45. The molecule has 5 rings (SSSR count). The normalized spacial score (nSPS) is 41.2. The van der Waals surface area contributed by atoms with Crippen molar-refractivity contribution < 1.29 is 4.79 Å². The number of anilines is 1. The second-order valence-electron chi connectivity index (χ2n) is 6.27. The lowest BCUT2D eigenvalue weighted by atomic mass is 9.51. The van der Waals surface area contributed by atoms with Gasteiger partial charge in [0.15, 0.2) is 10.8 Å². The van der Waals surface area contributed by atoms with Crippen LogP contribution in [0.25, 0.3) is 0 Å². The van der Waals surface area contributed by atoms with Crippen LogP contribution in [0.1, 0.15) is 41.9 Å². The van der Waals surface area contributed by atoms with E-state index in [1.165, 1.54) is 43.4 Å². The molecule has 0 atom stereocenters. The van der Waals surface area contributed by atoms with Crippen molar-refractivity contribution in [3.63, 3.8) is 0 Å². The summed E-state index contributed by atoms with van der Waals surface area (Å²) >= 11 is 1.25. The van der Waals surface area contributed by atoms with Gasteiger partial charge in [-0.25, -0.2) is 0 Å². The molecule has 18 heavy (non-hydrogen) atoms. The summed E-state index contributed by atoms with van der Waals surface area (Å²) in [6.45, 7) is 0. The van der Waals surface area contributed by atoms with E-state index in [0.717, 1.165) is 11.8 Å². The van der Waals surface area contributed by atoms with Crippen molar-refractivity contribution in [2.75, 3.05) is 5.73 Å². The molecule has 2 N–H and O–H groups in total. The van der Waals surface area contributed by atoms with E-state index in [9.17, 15) is 4.79 Å².